The number of nitrogens with two attached hydrogens (primary N) is 1. The lowest BCUT2D eigenvalue weighted by molar-refractivity contribution is 0.627. The number of benzene rings is 1. The molecule has 18 heavy (non-hydrogen) atoms. The molecule has 1 aromatic heterocycles. The van der Waals surface area contributed by atoms with E-state index in [-0.39, 0.29) is 5.82 Å². The smallest absolute Gasteiger partial charge is 0.160 e. The Morgan fingerprint density at radius 3 is 2.33 bits per heavy atom. The normalized spacial score (nSPS) is 10.7. The van der Waals surface area contributed by atoms with Gasteiger partial charge in [0.05, 0.1) is 0 Å². The highest BCUT2D eigenvalue weighted by Gasteiger charge is 2.11. The van der Waals surface area contributed by atoms with E-state index in [9.17, 15) is 4.39 Å². The number of nitrogens with zero attached hydrogens (tertiary/aromatic N) is 2. The Bertz CT molecular complexity index is 576. The molecule has 5 heteroatoms. The van der Waals surface area contributed by atoms with Crippen LogP contribution in [0.2, 0.25) is 0 Å². The second kappa shape index (κ2) is 5.12. The average molecular weight is 310 g/mol. The van der Waals surface area contributed by atoms with Crippen LogP contribution in [0.1, 0.15) is 17.0 Å². The molecule has 2 N–H and O–H groups in total. The fourth-order valence-electron chi connectivity index (χ4n) is 1.83. The first kappa shape index (κ1) is 13.1. The maximum absolute atomic E-state index is 13.1. The summed E-state index contributed by atoms with van der Waals surface area (Å²) in [5, 5.41) is 0. The van der Waals surface area contributed by atoms with Crippen molar-refractivity contribution >= 4 is 15.9 Å². The minimum atomic E-state index is -0.294. The predicted molar refractivity (Wildman–Crippen MR) is 72.5 cm³/mol. The monoisotopic (exact) mass is 309 g/mol. The molecule has 1 aromatic carbocycles. The number of halogens is 2. The van der Waals surface area contributed by atoms with E-state index in [2.05, 4.69) is 25.9 Å². The molecule has 0 atom stereocenters. The topological polar surface area (TPSA) is 51.8 Å². The van der Waals surface area contributed by atoms with Crippen molar-refractivity contribution in [2.45, 2.75) is 20.4 Å². The molecule has 0 aliphatic heterocycles. The van der Waals surface area contributed by atoms with Gasteiger partial charge in [0.25, 0.3) is 0 Å². The zero-order chi connectivity index (χ0) is 13.3. The number of rotatable bonds is 2. The minimum Gasteiger partial charge on any atom is -0.326 e. The van der Waals surface area contributed by atoms with Crippen LogP contribution in [0.4, 0.5) is 4.39 Å². The molecule has 0 fully saturated rings. The zero-order valence-electron chi connectivity index (χ0n) is 10.2. The molecule has 1 heterocycles. The van der Waals surface area contributed by atoms with Crippen molar-refractivity contribution in [3.05, 3.63) is 45.4 Å². The highest BCUT2D eigenvalue weighted by atomic mass is 79.9. The van der Waals surface area contributed by atoms with E-state index in [1.807, 2.05) is 13.8 Å². The second-order valence-electron chi connectivity index (χ2n) is 4.02. The molecule has 0 saturated heterocycles. The van der Waals surface area contributed by atoms with E-state index in [4.69, 9.17) is 5.73 Å². The van der Waals surface area contributed by atoms with Crippen LogP contribution in [0.25, 0.3) is 11.4 Å². The molecular weight excluding hydrogens is 297 g/mol. The molecule has 0 spiro atoms. The summed E-state index contributed by atoms with van der Waals surface area (Å²) >= 11 is 3.32. The lowest BCUT2D eigenvalue weighted by Crippen LogP contribution is -2.07. The summed E-state index contributed by atoms with van der Waals surface area (Å²) in [4.78, 5) is 8.84. The number of hydrogen-bond acceptors (Lipinski definition) is 3. The Labute approximate surface area is 113 Å². The molecule has 0 amide bonds. The third-order valence-electron chi connectivity index (χ3n) is 2.80. The van der Waals surface area contributed by atoms with Gasteiger partial charge >= 0.3 is 0 Å². The summed E-state index contributed by atoms with van der Waals surface area (Å²) in [6.07, 6.45) is 0. The summed E-state index contributed by atoms with van der Waals surface area (Å²) in [5.74, 6) is 0.284. The Balaban J connectivity index is 2.58. The Morgan fingerprint density at radius 2 is 1.83 bits per heavy atom. The van der Waals surface area contributed by atoms with E-state index in [1.165, 1.54) is 12.1 Å². The number of aryl methyl sites for hydroxylation is 2. The highest BCUT2D eigenvalue weighted by Crippen LogP contribution is 2.27. The van der Waals surface area contributed by atoms with Gasteiger partial charge in [0.15, 0.2) is 5.82 Å². The highest BCUT2D eigenvalue weighted by molar-refractivity contribution is 9.10. The van der Waals surface area contributed by atoms with E-state index >= 15 is 0 Å². The molecule has 2 rings (SSSR count). The SMILES string of the molecule is Cc1nc(-c2ccc(F)cc2Br)nc(C)c1CN. The molecule has 0 aliphatic rings. The van der Waals surface area contributed by atoms with Crippen LogP contribution in [0.3, 0.4) is 0 Å². The fourth-order valence-corrected chi connectivity index (χ4v) is 2.35. The largest absolute Gasteiger partial charge is 0.326 e. The van der Waals surface area contributed by atoms with Gasteiger partial charge in [-0.25, -0.2) is 14.4 Å². The molecule has 2 aromatic rings. The van der Waals surface area contributed by atoms with Gasteiger partial charge in [-0.3, -0.25) is 0 Å². The zero-order valence-corrected chi connectivity index (χ0v) is 11.8. The summed E-state index contributed by atoms with van der Waals surface area (Å²) in [7, 11) is 0. The minimum absolute atomic E-state index is 0.294. The predicted octanol–water partition coefficient (Wildman–Crippen LogP) is 3.12. The molecule has 0 unspecified atom stereocenters. The first-order valence-corrected chi connectivity index (χ1v) is 6.32. The Hall–Kier alpha value is -1.33. The van der Waals surface area contributed by atoms with Crippen LogP contribution in [-0.2, 0) is 6.54 Å². The summed E-state index contributed by atoms with van der Waals surface area (Å²) < 4.78 is 13.7. The molecule has 94 valence electrons. The lowest BCUT2D eigenvalue weighted by atomic mass is 10.1. The van der Waals surface area contributed by atoms with Crippen molar-refractivity contribution < 1.29 is 4.39 Å². The maximum atomic E-state index is 13.1. The van der Waals surface area contributed by atoms with Crippen LogP contribution in [0, 0.1) is 19.7 Å². The quantitative estimate of drug-likeness (QED) is 0.927. The van der Waals surface area contributed by atoms with Crippen LogP contribution in [0.15, 0.2) is 22.7 Å². The van der Waals surface area contributed by atoms with Crippen molar-refractivity contribution in [3.8, 4) is 11.4 Å². The maximum Gasteiger partial charge on any atom is 0.160 e. The Kier molecular flexibility index (Phi) is 3.73. The van der Waals surface area contributed by atoms with Gasteiger partial charge in [0.2, 0.25) is 0 Å². The van der Waals surface area contributed by atoms with E-state index < -0.39 is 0 Å². The summed E-state index contributed by atoms with van der Waals surface area (Å²) in [5.41, 5.74) is 9.09. The van der Waals surface area contributed by atoms with E-state index in [0.717, 1.165) is 22.5 Å². The van der Waals surface area contributed by atoms with Crippen LogP contribution >= 0.6 is 15.9 Å². The van der Waals surface area contributed by atoms with Crippen LogP contribution < -0.4 is 5.73 Å². The van der Waals surface area contributed by atoms with Gasteiger partial charge in [-0.15, -0.1) is 0 Å². The summed E-state index contributed by atoms with van der Waals surface area (Å²) in [6, 6.07) is 4.46. The van der Waals surface area contributed by atoms with Crippen molar-refractivity contribution in [2.24, 2.45) is 5.73 Å². The first-order chi connectivity index (χ1) is 8.52. The molecule has 3 nitrogen and oxygen atoms in total. The third-order valence-corrected chi connectivity index (χ3v) is 3.45. The standard InChI is InChI=1S/C13H13BrFN3/c1-7-11(6-16)8(2)18-13(17-7)10-4-3-9(15)5-12(10)14/h3-5H,6,16H2,1-2H3. The van der Waals surface area contributed by atoms with Crippen molar-refractivity contribution in [1.29, 1.82) is 0 Å². The van der Waals surface area contributed by atoms with Crippen LogP contribution in [-0.4, -0.2) is 9.97 Å². The molecule has 0 saturated carbocycles. The van der Waals surface area contributed by atoms with Gasteiger partial charge in [-0.2, -0.15) is 0 Å². The lowest BCUT2D eigenvalue weighted by Gasteiger charge is -2.10. The number of hydrogen-bond donors (Lipinski definition) is 1. The van der Waals surface area contributed by atoms with Crippen molar-refractivity contribution in [1.82, 2.24) is 9.97 Å². The number of aromatic nitrogens is 2. The second-order valence-corrected chi connectivity index (χ2v) is 4.88. The molecule has 0 radical (unpaired) electrons. The summed E-state index contributed by atoms with van der Waals surface area (Å²) in [6.45, 7) is 4.22. The molecule has 0 bridgehead atoms. The molecular formula is C13H13BrFN3. The average Bonchev–Trinajstić information content (AvgIpc) is 2.28. The van der Waals surface area contributed by atoms with Crippen molar-refractivity contribution in [3.63, 3.8) is 0 Å². The van der Waals surface area contributed by atoms with E-state index in [0.29, 0.717) is 16.8 Å². The molecule has 0 aliphatic carbocycles. The van der Waals surface area contributed by atoms with E-state index in [1.54, 1.807) is 6.07 Å². The van der Waals surface area contributed by atoms with Gasteiger partial charge in [-0.05, 0) is 48.0 Å². The van der Waals surface area contributed by atoms with Gasteiger partial charge in [0.1, 0.15) is 5.82 Å². The van der Waals surface area contributed by atoms with Gasteiger partial charge < -0.3 is 5.73 Å². The van der Waals surface area contributed by atoms with Gasteiger partial charge in [-0.1, -0.05) is 0 Å². The van der Waals surface area contributed by atoms with Gasteiger partial charge in [0, 0.05) is 33.5 Å². The third kappa shape index (κ3) is 2.42. The van der Waals surface area contributed by atoms with Crippen molar-refractivity contribution in [2.75, 3.05) is 0 Å². The van der Waals surface area contributed by atoms with Crippen LogP contribution in [0.5, 0.6) is 0 Å². The fraction of sp³-hybridized carbons (Fsp3) is 0.231. The Morgan fingerprint density at radius 1 is 1.22 bits per heavy atom. The first-order valence-electron chi connectivity index (χ1n) is 5.52.